The summed E-state index contributed by atoms with van der Waals surface area (Å²) in [5.74, 6) is 1.13. The fourth-order valence-corrected chi connectivity index (χ4v) is 1.28. The van der Waals surface area contributed by atoms with Gasteiger partial charge in [0.05, 0.1) is 12.2 Å². The predicted octanol–water partition coefficient (Wildman–Crippen LogP) is 1.28. The molecule has 0 saturated carbocycles. The van der Waals surface area contributed by atoms with Gasteiger partial charge in [0.2, 0.25) is 5.90 Å². The maximum Gasteiger partial charge on any atom is 0.237 e. The van der Waals surface area contributed by atoms with Crippen LogP contribution in [0.2, 0.25) is 0 Å². The maximum atomic E-state index is 5.46. The van der Waals surface area contributed by atoms with Gasteiger partial charge in [0.15, 0.2) is 0 Å². The number of hydrogen-bond donors (Lipinski definition) is 0. The second-order valence-electron chi connectivity index (χ2n) is 3.65. The molecule has 0 bridgehead atoms. The molecule has 1 aromatic rings. The molecule has 1 aliphatic heterocycles. The Bertz CT molecular complexity index is 334. The quantitative estimate of drug-likeness (QED) is 0.707. The van der Waals surface area contributed by atoms with Gasteiger partial charge < -0.3 is 4.74 Å². The Kier molecular flexibility index (Phi) is 2.43. The molecule has 0 saturated heterocycles. The Hall–Kier alpha value is -1.45. The highest BCUT2D eigenvalue weighted by Gasteiger charge is 2.23. The first-order chi connectivity index (χ1) is 6.77. The first-order valence-corrected chi connectivity index (χ1v) is 4.74. The molecule has 1 atom stereocenters. The highest BCUT2D eigenvalue weighted by molar-refractivity contribution is 5.92. The summed E-state index contributed by atoms with van der Waals surface area (Å²) in [5.41, 5.74) is 0.718. The van der Waals surface area contributed by atoms with Gasteiger partial charge in [-0.25, -0.2) is 9.98 Å². The Morgan fingerprint density at radius 3 is 2.86 bits per heavy atom. The van der Waals surface area contributed by atoms with Crippen LogP contribution in [0.15, 0.2) is 23.6 Å². The van der Waals surface area contributed by atoms with Gasteiger partial charge in [-0.2, -0.15) is 0 Å². The van der Waals surface area contributed by atoms with Crippen molar-refractivity contribution in [2.24, 2.45) is 10.9 Å². The van der Waals surface area contributed by atoms with E-state index >= 15 is 0 Å². The second-order valence-corrected chi connectivity index (χ2v) is 3.65. The highest BCUT2D eigenvalue weighted by Crippen LogP contribution is 2.15. The summed E-state index contributed by atoms with van der Waals surface area (Å²) in [6.07, 6.45) is 4.95. The number of rotatable bonds is 2. The lowest BCUT2D eigenvalue weighted by Crippen LogP contribution is -2.13. The van der Waals surface area contributed by atoms with Crippen molar-refractivity contribution < 1.29 is 4.74 Å². The predicted molar refractivity (Wildman–Crippen MR) is 53.1 cm³/mol. The summed E-state index contributed by atoms with van der Waals surface area (Å²) < 4.78 is 5.46. The van der Waals surface area contributed by atoms with Gasteiger partial charge in [-0.1, -0.05) is 13.8 Å². The van der Waals surface area contributed by atoms with Crippen molar-refractivity contribution in [3.8, 4) is 0 Å². The van der Waals surface area contributed by atoms with Crippen LogP contribution in [0.5, 0.6) is 0 Å². The van der Waals surface area contributed by atoms with Crippen molar-refractivity contribution in [1.29, 1.82) is 0 Å². The van der Waals surface area contributed by atoms with E-state index in [-0.39, 0.29) is 6.04 Å². The minimum atomic E-state index is 0.256. The molecular weight excluding hydrogens is 178 g/mol. The zero-order chi connectivity index (χ0) is 9.97. The molecule has 0 N–H and O–H groups in total. The van der Waals surface area contributed by atoms with Crippen LogP contribution in [0.3, 0.4) is 0 Å². The monoisotopic (exact) mass is 191 g/mol. The molecule has 1 aliphatic rings. The van der Waals surface area contributed by atoms with E-state index in [1.165, 1.54) is 0 Å². The summed E-state index contributed by atoms with van der Waals surface area (Å²) in [5, 5.41) is 0. The van der Waals surface area contributed by atoms with Gasteiger partial charge in [0.25, 0.3) is 0 Å². The van der Waals surface area contributed by atoms with Crippen LogP contribution in [0, 0.1) is 5.92 Å². The van der Waals surface area contributed by atoms with E-state index < -0.39 is 0 Å². The van der Waals surface area contributed by atoms with Crippen molar-refractivity contribution in [2.75, 3.05) is 6.61 Å². The Morgan fingerprint density at radius 2 is 2.29 bits per heavy atom. The standard InChI is InChI=1S/C10H13N3O/c1-7(2)9-6-14-10(13-9)8-5-11-3-4-12-8/h3-5,7,9H,6H2,1-2H3/t9-/m0/s1. The normalized spacial score (nSPS) is 20.8. The number of aliphatic imine (C=N–C) groups is 1. The van der Waals surface area contributed by atoms with Crippen LogP contribution in [0.1, 0.15) is 19.5 Å². The molecule has 4 heteroatoms. The van der Waals surface area contributed by atoms with Gasteiger partial charge in [0, 0.05) is 12.4 Å². The smallest absolute Gasteiger partial charge is 0.237 e. The molecule has 0 fully saturated rings. The minimum Gasteiger partial charge on any atom is -0.474 e. The molecule has 14 heavy (non-hydrogen) atoms. The lowest BCUT2D eigenvalue weighted by molar-refractivity contribution is 0.291. The van der Waals surface area contributed by atoms with E-state index in [1.807, 2.05) is 0 Å². The molecule has 4 nitrogen and oxygen atoms in total. The molecular formula is C10H13N3O. The third-order valence-electron chi connectivity index (χ3n) is 2.23. The van der Waals surface area contributed by atoms with Crippen molar-refractivity contribution in [1.82, 2.24) is 9.97 Å². The molecule has 0 aliphatic carbocycles. The lowest BCUT2D eigenvalue weighted by atomic mass is 10.1. The largest absolute Gasteiger partial charge is 0.474 e. The summed E-state index contributed by atoms with van der Waals surface area (Å²) in [4.78, 5) is 12.6. The Labute approximate surface area is 83.1 Å². The van der Waals surface area contributed by atoms with Crippen LogP contribution >= 0.6 is 0 Å². The van der Waals surface area contributed by atoms with Gasteiger partial charge in [0.1, 0.15) is 12.3 Å². The topological polar surface area (TPSA) is 47.4 Å². The van der Waals surface area contributed by atoms with E-state index in [9.17, 15) is 0 Å². The second kappa shape index (κ2) is 3.74. The zero-order valence-corrected chi connectivity index (χ0v) is 8.34. The zero-order valence-electron chi connectivity index (χ0n) is 8.34. The number of ether oxygens (including phenoxy) is 1. The third kappa shape index (κ3) is 1.73. The van der Waals surface area contributed by atoms with Crippen LogP contribution in [-0.4, -0.2) is 28.5 Å². The Balaban J connectivity index is 2.18. The maximum absolute atomic E-state index is 5.46. The van der Waals surface area contributed by atoms with Crippen LogP contribution in [-0.2, 0) is 4.74 Å². The molecule has 0 amide bonds. The molecule has 2 rings (SSSR count). The molecule has 0 spiro atoms. The van der Waals surface area contributed by atoms with Gasteiger partial charge >= 0.3 is 0 Å². The number of aromatic nitrogens is 2. The lowest BCUT2D eigenvalue weighted by Gasteiger charge is -2.06. The van der Waals surface area contributed by atoms with Crippen molar-refractivity contribution in [2.45, 2.75) is 19.9 Å². The van der Waals surface area contributed by atoms with Crippen molar-refractivity contribution in [3.05, 3.63) is 24.3 Å². The van der Waals surface area contributed by atoms with Crippen LogP contribution in [0.4, 0.5) is 0 Å². The first kappa shape index (κ1) is 9.12. The average Bonchev–Trinajstić information content (AvgIpc) is 2.68. The molecule has 74 valence electrons. The van der Waals surface area contributed by atoms with E-state index in [1.54, 1.807) is 18.6 Å². The molecule has 0 unspecified atom stereocenters. The summed E-state index contributed by atoms with van der Waals surface area (Å²) in [6, 6.07) is 0.256. The number of nitrogens with zero attached hydrogens (tertiary/aromatic N) is 3. The van der Waals surface area contributed by atoms with Crippen LogP contribution in [0.25, 0.3) is 0 Å². The first-order valence-electron chi connectivity index (χ1n) is 4.74. The summed E-state index contributed by atoms with van der Waals surface area (Å²) in [6.45, 7) is 4.93. The fraction of sp³-hybridized carbons (Fsp3) is 0.500. The highest BCUT2D eigenvalue weighted by atomic mass is 16.5. The van der Waals surface area contributed by atoms with Crippen molar-refractivity contribution >= 4 is 5.90 Å². The van der Waals surface area contributed by atoms with Crippen LogP contribution < -0.4 is 0 Å². The summed E-state index contributed by atoms with van der Waals surface area (Å²) in [7, 11) is 0. The average molecular weight is 191 g/mol. The van der Waals surface area contributed by atoms with E-state index in [0.717, 1.165) is 5.69 Å². The van der Waals surface area contributed by atoms with Gasteiger partial charge in [-0.3, -0.25) is 4.98 Å². The van der Waals surface area contributed by atoms with Gasteiger partial charge in [-0.05, 0) is 5.92 Å². The number of hydrogen-bond acceptors (Lipinski definition) is 4. The third-order valence-corrected chi connectivity index (χ3v) is 2.23. The summed E-state index contributed by atoms with van der Waals surface area (Å²) >= 11 is 0. The van der Waals surface area contributed by atoms with Gasteiger partial charge in [-0.15, -0.1) is 0 Å². The molecule has 1 aromatic heterocycles. The fourth-order valence-electron chi connectivity index (χ4n) is 1.28. The van der Waals surface area contributed by atoms with E-state index in [2.05, 4.69) is 28.8 Å². The molecule has 0 radical (unpaired) electrons. The molecule has 0 aromatic carbocycles. The SMILES string of the molecule is CC(C)[C@@H]1COC(c2cnccn2)=N1. The van der Waals surface area contributed by atoms with E-state index in [0.29, 0.717) is 18.4 Å². The Morgan fingerprint density at radius 1 is 1.43 bits per heavy atom. The minimum absolute atomic E-state index is 0.256. The molecule has 2 heterocycles. The van der Waals surface area contributed by atoms with E-state index in [4.69, 9.17) is 4.74 Å². The van der Waals surface area contributed by atoms with Crippen molar-refractivity contribution in [3.63, 3.8) is 0 Å².